The summed E-state index contributed by atoms with van der Waals surface area (Å²) in [5.74, 6) is -0.314. The van der Waals surface area contributed by atoms with Crippen molar-refractivity contribution in [2.45, 2.75) is 12.6 Å². The highest BCUT2D eigenvalue weighted by Crippen LogP contribution is 2.30. The van der Waals surface area contributed by atoms with Gasteiger partial charge in [-0.1, -0.05) is 17.7 Å². The molecule has 0 unspecified atom stereocenters. The van der Waals surface area contributed by atoms with Crippen molar-refractivity contribution in [2.75, 3.05) is 5.32 Å². The summed E-state index contributed by atoms with van der Waals surface area (Å²) in [6.07, 6.45) is -2.58. The van der Waals surface area contributed by atoms with Crippen molar-refractivity contribution in [1.29, 1.82) is 0 Å². The van der Waals surface area contributed by atoms with E-state index in [-0.39, 0.29) is 12.3 Å². The first-order valence-electron chi connectivity index (χ1n) is 7.05. The van der Waals surface area contributed by atoms with Gasteiger partial charge in [0.2, 0.25) is 5.91 Å². The molecule has 3 rings (SSSR count). The summed E-state index contributed by atoms with van der Waals surface area (Å²) >= 11 is 5.91. The minimum Gasteiger partial charge on any atom is -0.361 e. The molecule has 1 aromatic heterocycles. The highest BCUT2D eigenvalue weighted by atomic mass is 35.5. The number of carbonyl (C=O) groups excluding carboxylic acids is 1. The number of nitrogens with one attached hydrogen (secondary N) is 2. The Kier molecular flexibility index (Phi) is 4.24. The average Bonchev–Trinajstić information content (AvgIpc) is 2.89. The van der Waals surface area contributed by atoms with Crippen LogP contribution in [0.25, 0.3) is 10.9 Å². The molecule has 3 nitrogen and oxygen atoms in total. The van der Waals surface area contributed by atoms with Crippen LogP contribution < -0.4 is 5.32 Å². The molecule has 2 aromatic carbocycles. The third-order valence-corrected chi connectivity index (χ3v) is 3.81. The van der Waals surface area contributed by atoms with Gasteiger partial charge >= 0.3 is 6.18 Å². The fourth-order valence-electron chi connectivity index (χ4n) is 2.43. The second-order valence-corrected chi connectivity index (χ2v) is 5.74. The van der Waals surface area contributed by atoms with E-state index in [1.807, 2.05) is 6.07 Å². The number of amides is 1. The topological polar surface area (TPSA) is 44.9 Å². The van der Waals surface area contributed by atoms with Crippen LogP contribution in [0.5, 0.6) is 0 Å². The summed E-state index contributed by atoms with van der Waals surface area (Å²) in [5, 5.41) is 4.05. The zero-order valence-corrected chi connectivity index (χ0v) is 13.0. The van der Waals surface area contributed by atoms with Gasteiger partial charge in [0.05, 0.1) is 12.0 Å². The fourth-order valence-corrected chi connectivity index (χ4v) is 2.60. The number of aromatic nitrogens is 1. The Hall–Kier alpha value is -2.47. The van der Waals surface area contributed by atoms with E-state index < -0.39 is 11.7 Å². The minimum absolute atomic E-state index is 0.0999. The van der Waals surface area contributed by atoms with Gasteiger partial charge in [0.15, 0.2) is 0 Å². The molecule has 0 spiro atoms. The molecule has 0 aliphatic carbocycles. The van der Waals surface area contributed by atoms with Crippen LogP contribution in [0, 0.1) is 0 Å². The Balaban J connectivity index is 1.71. The summed E-state index contributed by atoms with van der Waals surface area (Å²) in [7, 11) is 0. The molecule has 1 heterocycles. The SMILES string of the molecule is O=C(Cc1c[nH]c2cc(Cl)ccc12)Nc1ccc(C(F)(F)F)cc1. The van der Waals surface area contributed by atoms with E-state index in [2.05, 4.69) is 10.3 Å². The van der Waals surface area contributed by atoms with Gasteiger partial charge in [-0.3, -0.25) is 4.79 Å². The van der Waals surface area contributed by atoms with E-state index in [4.69, 9.17) is 11.6 Å². The largest absolute Gasteiger partial charge is 0.416 e. The second-order valence-electron chi connectivity index (χ2n) is 5.30. The van der Waals surface area contributed by atoms with Crippen LogP contribution in [-0.2, 0) is 17.4 Å². The predicted octanol–water partition coefficient (Wildman–Crippen LogP) is 5.02. The Bertz CT molecular complexity index is 885. The van der Waals surface area contributed by atoms with Crippen molar-refractivity contribution in [1.82, 2.24) is 4.98 Å². The molecule has 0 aliphatic heterocycles. The van der Waals surface area contributed by atoms with Crippen LogP contribution >= 0.6 is 11.6 Å². The third-order valence-electron chi connectivity index (χ3n) is 3.58. The van der Waals surface area contributed by atoms with Crippen molar-refractivity contribution in [3.05, 3.63) is 64.8 Å². The minimum atomic E-state index is -4.39. The smallest absolute Gasteiger partial charge is 0.361 e. The van der Waals surface area contributed by atoms with Crippen molar-refractivity contribution < 1.29 is 18.0 Å². The monoisotopic (exact) mass is 352 g/mol. The number of halogens is 4. The molecule has 0 saturated carbocycles. The molecule has 0 saturated heterocycles. The van der Waals surface area contributed by atoms with Crippen LogP contribution in [-0.4, -0.2) is 10.9 Å². The number of fused-ring (bicyclic) bond motifs is 1. The third kappa shape index (κ3) is 3.54. The average molecular weight is 353 g/mol. The number of aromatic amines is 1. The highest BCUT2D eigenvalue weighted by molar-refractivity contribution is 6.31. The van der Waals surface area contributed by atoms with Gasteiger partial charge < -0.3 is 10.3 Å². The normalized spacial score (nSPS) is 11.7. The van der Waals surface area contributed by atoms with Gasteiger partial charge in [-0.2, -0.15) is 13.2 Å². The fraction of sp³-hybridized carbons (Fsp3) is 0.118. The lowest BCUT2D eigenvalue weighted by molar-refractivity contribution is -0.137. The number of rotatable bonds is 3. The summed E-state index contributed by atoms with van der Waals surface area (Å²) in [4.78, 5) is 15.1. The lowest BCUT2D eigenvalue weighted by Crippen LogP contribution is -2.14. The van der Waals surface area contributed by atoms with Gasteiger partial charge in [0.1, 0.15) is 0 Å². The first-order chi connectivity index (χ1) is 11.3. The van der Waals surface area contributed by atoms with Crippen molar-refractivity contribution >= 4 is 34.1 Å². The number of H-pyrrole nitrogens is 1. The zero-order valence-electron chi connectivity index (χ0n) is 12.2. The summed E-state index contributed by atoms with van der Waals surface area (Å²) in [6.45, 7) is 0. The lowest BCUT2D eigenvalue weighted by Gasteiger charge is -2.08. The Morgan fingerprint density at radius 1 is 1.12 bits per heavy atom. The second kappa shape index (κ2) is 6.20. The molecule has 0 aliphatic rings. The molecule has 2 N–H and O–H groups in total. The maximum absolute atomic E-state index is 12.5. The van der Waals surface area contributed by atoms with Gasteiger partial charge in [0.25, 0.3) is 0 Å². The molecule has 124 valence electrons. The number of hydrogen-bond acceptors (Lipinski definition) is 1. The molecular formula is C17H12ClF3N2O. The first-order valence-corrected chi connectivity index (χ1v) is 7.43. The summed E-state index contributed by atoms with van der Waals surface area (Å²) in [6, 6.07) is 9.64. The first kappa shape index (κ1) is 16.4. The maximum atomic E-state index is 12.5. The summed E-state index contributed by atoms with van der Waals surface area (Å²) in [5.41, 5.74) is 1.16. The van der Waals surface area contributed by atoms with Gasteiger partial charge in [-0.15, -0.1) is 0 Å². The van der Waals surface area contributed by atoms with Crippen molar-refractivity contribution in [3.8, 4) is 0 Å². The van der Waals surface area contributed by atoms with E-state index in [1.165, 1.54) is 12.1 Å². The number of carbonyl (C=O) groups is 1. The van der Waals surface area contributed by atoms with E-state index in [0.717, 1.165) is 28.6 Å². The number of alkyl halides is 3. The Morgan fingerprint density at radius 3 is 2.50 bits per heavy atom. The van der Waals surface area contributed by atoms with E-state index in [1.54, 1.807) is 18.3 Å². The van der Waals surface area contributed by atoms with Gasteiger partial charge in [0, 0.05) is 27.8 Å². The molecule has 24 heavy (non-hydrogen) atoms. The summed E-state index contributed by atoms with van der Waals surface area (Å²) < 4.78 is 37.5. The standard InChI is InChI=1S/C17H12ClF3N2O/c18-12-3-6-14-10(9-22-15(14)8-12)7-16(24)23-13-4-1-11(2-5-13)17(19,20)21/h1-6,8-9,22H,7H2,(H,23,24). The van der Waals surface area contributed by atoms with E-state index >= 15 is 0 Å². The quantitative estimate of drug-likeness (QED) is 0.683. The van der Waals surface area contributed by atoms with E-state index in [0.29, 0.717) is 10.7 Å². The van der Waals surface area contributed by atoms with Crippen molar-refractivity contribution in [2.24, 2.45) is 0 Å². The van der Waals surface area contributed by atoms with Crippen LogP contribution in [0.4, 0.5) is 18.9 Å². The van der Waals surface area contributed by atoms with Crippen LogP contribution in [0.2, 0.25) is 5.02 Å². The Morgan fingerprint density at radius 2 is 1.83 bits per heavy atom. The van der Waals surface area contributed by atoms with Crippen LogP contribution in [0.1, 0.15) is 11.1 Å². The molecule has 0 radical (unpaired) electrons. The zero-order chi connectivity index (χ0) is 17.3. The van der Waals surface area contributed by atoms with Gasteiger partial charge in [-0.05, 0) is 42.0 Å². The number of hydrogen-bond donors (Lipinski definition) is 2. The molecule has 0 bridgehead atoms. The number of anilines is 1. The maximum Gasteiger partial charge on any atom is 0.416 e. The molecule has 3 aromatic rings. The van der Waals surface area contributed by atoms with E-state index in [9.17, 15) is 18.0 Å². The number of benzene rings is 2. The molecule has 0 atom stereocenters. The predicted molar refractivity (Wildman–Crippen MR) is 87.1 cm³/mol. The van der Waals surface area contributed by atoms with Crippen LogP contribution in [0.3, 0.4) is 0 Å². The lowest BCUT2D eigenvalue weighted by atomic mass is 10.1. The van der Waals surface area contributed by atoms with Gasteiger partial charge in [-0.25, -0.2) is 0 Å². The van der Waals surface area contributed by atoms with Crippen molar-refractivity contribution in [3.63, 3.8) is 0 Å². The molecule has 0 fully saturated rings. The Labute approximate surface area is 140 Å². The molecular weight excluding hydrogens is 341 g/mol. The highest BCUT2D eigenvalue weighted by Gasteiger charge is 2.29. The van der Waals surface area contributed by atoms with Crippen LogP contribution in [0.15, 0.2) is 48.7 Å². The molecule has 1 amide bonds. The molecule has 7 heteroatoms.